The van der Waals surface area contributed by atoms with Crippen LogP contribution in [0.2, 0.25) is 0 Å². The van der Waals surface area contributed by atoms with Crippen molar-refractivity contribution in [2.24, 2.45) is 7.05 Å². The number of aromatic nitrogens is 2. The fraction of sp³-hybridized carbons (Fsp3) is 0.667. The Labute approximate surface area is 101 Å². The van der Waals surface area contributed by atoms with Crippen LogP contribution in [0.3, 0.4) is 0 Å². The van der Waals surface area contributed by atoms with E-state index in [1.165, 1.54) is 0 Å². The summed E-state index contributed by atoms with van der Waals surface area (Å²) in [6.07, 6.45) is 3.40. The van der Waals surface area contributed by atoms with Crippen LogP contribution in [0.4, 0.5) is 0 Å². The first-order valence-electron chi connectivity index (χ1n) is 6.07. The molecule has 1 heterocycles. The van der Waals surface area contributed by atoms with Crippen molar-refractivity contribution in [3.63, 3.8) is 0 Å². The minimum Gasteiger partial charge on any atom is -0.388 e. The highest BCUT2D eigenvalue weighted by Crippen LogP contribution is 2.30. The number of nitrogens with zero attached hydrogens (tertiary/aromatic N) is 2. The summed E-state index contributed by atoms with van der Waals surface area (Å²) in [6, 6.07) is 1.79. The van der Waals surface area contributed by atoms with Gasteiger partial charge in [0.2, 0.25) is 0 Å². The number of hydrogen-bond donors (Lipinski definition) is 2. The van der Waals surface area contributed by atoms with Crippen molar-refractivity contribution in [2.75, 3.05) is 6.54 Å². The van der Waals surface area contributed by atoms with E-state index in [0.717, 1.165) is 31.4 Å². The molecule has 0 saturated heterocycles. The molecule has 1 aliphatic rings. The molecule has 0 aromatic carbocycles. The van der Waals surface area contributed by atoms with Gasteiger partial charge in [0.25, 0.3) is 5.91 Å². The number of amides is 1. The van der Waals surface area contributed by atoms with Crippen LogP contribution in [-0.4, -0.2) is 32.9 Å². The van der Waals surface area contributed by atoms with Gasteiger partial charge in [-0.25, -0.2) is 0 Å². The Hall–Kier alpha value is -1.36. The molecule has 1 amide bonds. The highest BCUT2D eigenvalue weighted by Gasteiger charge is 2.34. The molecule has 1 fully saturated rings. The van der Waals surface area contributed by atoms with Crippen molar-refractivity contribution in [3.8, 4) is 0 Å². The zero-order chi connectivity index (χ0) is 12.5. The first-order valence-corrected chi connectivity index (χ1v) is 6.07. The van der Waals surface area contributed by atoms with Crippen LogP contribution in [0.5, 0.6) is 0 Å². The molecule has 17 heavy (non-hydrogen) atoms. The molecule has 1 saturated carbocycles. The van der Waals surface area contributed by atoms with Gasteiger partial charge in [-0.15, -0.1) is 0 Å². The summed E-state index contributed by atoms with van der Waals surface area (Å²) in [4.78, 5) is 11.9. The monoisotopic (exact) mass is 237 g/mol. The summed E-state index contributed by atoms with van der Waals surface area (Å²) < 4.78 is 1.58. The second kappa shape index (κ2) is 4.49. The molecule has 94 valence electrons. The maximum Gasteiger partial charge on any atom is 0.269 e. The minimum atomic E-state index is -0.679. The van der Waals surface area contributed by atoms with Crippen LogP contribution < -0.4 is 5.32 Å². The Kier molecular flexibility index (Phi) is 3.19. The minimum absolute atomic E-state index is 0.167. The van der Waals surface area contributed by atoms with Gasteiger partial charge in [0.05, 0.1) is 11.3 Å². The van der Waals surface area contributed by atoms with Crippen molar-refractivity contribution in [1.29, 1.82) is 0 Å². The van der Waals surface area contributed by atoms with Crippen LogP contribution in [0.15, 0.2) is 6.07 Å². The van der Waals surface area contributed by atoms with E-state index in [0.29, 0.717) is 12.2 Å². The highest BCUT2D eigenvalue weighted by atomic mass is 16.3. The molecule has 5 nitrogen and oxygen atoms in total. The summed E-state index contributed by atoms with van der Waals surface area (Å²) in [5.74, 6) is -0.167. The number of carbonyl (C=O) groups excluding carboxylic acids is 1. The quantitative estimate of drug-likeness (QED) is 0.807. The van der Waals surface area contributed by atoms with Crippen molar-refractivity contribution in [3.05, 3.63) is 17.5 Å². The molecular formula is C12H19N3O2. The third kappa shape index (κ3) is 2.49. The Bertz CT molecular complexity index is 421. The molecule has 2 N–H and O–H groups in total. The Morgan fingerprint density at radius 1 is 1.65 bits per heavy atom. The van der Waals surface area contributed by atoms with Gasteiger partial charge < -0.3 is 10.4 Å². The van der Waals surface area contributed by atoms with E-state index in [1.807, 2.05) is 6.92 Å². The van der Waals surface area contributed by atoms with E-state index >= 15 is 0 Å². The van der Waals surface area contributed by atoms with Crippen LogP contribution in [0, 0.1) is 0 Å². The van der Waals surface area contributed by atoms with Gasteiger partial charge in [-0.1, -0.05) is 6.92 Å². The molecular weight excluding hydrogens is 218 g/mol. The topological polar surface area (TPSA) is 67.2 Å². The van der Waals surface area contributed by atoms with E-state index in [4.69, 9.17) is 0 Å². The molecule has 0 radical (unpaired) electrons. The maximum absolute atomic E-state index is 11.9. The summed E-state index contributed by atoms with van der Waals surface area (Å²) in [5.41, 5.74) is 0.770. The van der Waals surface area contributed by atoms with E-state index in [-0.39, 0.29) is 5.91 Å². The number of nitrogens with one attached hydrogen (secondary N) is 1. The number of carbonyl (C=O) groups is 1. The molecule has 2 rings (SSSR count). The predicted octanol–water partition coefficient (Wildman–Crippen LogP) is 0.627. The Balaban J connectivity index is 1.96. The van der Waals surface area contributed by atoms with Crippen LogP contribution >= 0.6 is 0 Å². The van der Waals surface area contributed by atoms with Gasteiger partial charge in [0, 0.05) is 13.6 Å². The fourth-order valence-corrected chi connectivity index (χ4v) is 2.01. The van der Waals surface area contributed by atoms with Crippen molar-refractivity contribution in [2.45, 2.75) is 38.2 Å². The van der Waals surface area contributed by atoms with E-state index in [1.54, 1.807) is 17.8 Å². The second-order valence-corrected chi connectivity index (χ2v) is 4.76. The first-order chi connectivity index (χ1) is 8.04. The highest BCUT2D eigenvalue weighted by molar-refractivity contribution is 5.92. The third-order valence-corrected chi connectivity index (χ3v) is 3.39. The average Bonchev–Trinajstić information content (AvgIpc) is 2.65. The molecule has 0 unspecified atom stereocenters. The number of aryl methyl sites for hydroxylation is 2. The largest absolute Gasteiger partial charge is 0.388 e. The van der Waals surface area contributed by atoms with E-state index in [2.05, 4.69) is 10.4 Å². The molecule has 0 spiro atoms. The number of hydrogen-bond acceptors (Lipinski definition) is 3. The van der Waals surface area contributed by atoms with Gasteiger partial charge in [-0.3, -0.25) is 9.48 Å². The number of rotatable bonds is 4. The van der Waals surface area contributed by atoms with Crippen molar-refractivity contribution < 1.29 is 9.90 Å². The lowest BCUT2D eigenvalue weighted by Gasteiger charge is -2.36. The predicted molar refractivity (Wildman–Crippen MR) is 63.7 cm³/mol. The SMILES string of the molecule is CCc1cc(C(=O)NCC2(O)CCC2)n(C)n1. The smallest absolute Gasteiger partial charge is 0.269 e. The van der Waals surface area contributed by atoms with Crippen LogP contribution in [-0.2, 0) is 13.5 Å². The summed E-state index contributed by atoms with van der Waals surface area (Å²) in [5, 5.41) is 16.9. The van der Waals surface area contributed by atoms with Crippen LogP contribution in [0.25, 0.3) is 0 Å². The van der Waals surface area contributed by atoms with Gasteiger partial charge in [0.1, 0.15) is 5.69 Å². The summed E-state index contributed by atoms with van der Waals surface area (Å²) in [7, 11) is 1.76. The van der Waals surface area contributed by atoms with E-state index < -0.39 is 5.60 Å². The van der Waals surface area contributed by atoms with Crippen molar-refractivity contribution in [1.82, 2.24) is 15.1 Å². The Morgan fingerprint density at radius 2 is 2.35 bits per heavy atom. The van der Waals surface area contributed by atoms with Crippen LogP contribution in [0.1, 0.15) is 42.4 Å². The third-order valence-electron chi connectivity index (χ3n) is 3.39. The lowest BCUT2D eigenvalue weighted by molar-refractivity contribution is -0.0301. The first kappa shape index (κ1) is 12.1. The average molecular weight is 237 g/mol. The second-order valence-electron chi connectivity index (χ2n) is 4.76. The molecule has 0 aliphatic heterocycles. The van der Waals surface area contributed by atoms with Gasteiger partial charge >= 0.3 is 0 Å². The van der Waals surface area contributed by atoms with E-state index in [9.17, 15) is 9.90 Å². The zero-order valence-electron chi connectivity index (χ0n) is 10.4. The molecule has 0 atom stereocenters. The molecule has 1 aromatic rings. The molecule has 5 heteroatoms. The normalized spacial score (nSPS) is 17.6. The molecule has 1 aliphatic carbocycles. The maximum atomic E-state index is 11.9. The lowest BCUT2D eigenvalue weighted by Crippen LogP contribution is -2.48. The summed E-state index contributed by atoms with van der Waals surface area (Å²) >= 11 is 0. The fourth-order valence-electron chi connectivity index (χ4n) is 2.01. The van der Waals surface area contributed by atoms with Gasteiger partial charge in [-0.05, 0) is 31.7 Å². The summed E-state index contributed by atoms with van der Waals surface area (Å²) in [6.45, 7) is 2.33. The number of aliphatic hydroxyl groups is 1. The van der Waals surface area contributed by atoms with Crippen molar-refractivity contribution >= 4 is 5.91 Å². The van der Waals surface area contributed by atoms with Gasteiger partial charge in [0.15, 0.2) is 0 Å². The lowest BCUT2D eigenvalue weighted by atomic mass is 9.80. The Morgan fingerprint density at radius 3 is 2.82 bits per heavy atom. The zero-order valence-corrected chi connectivity index (χ0v) is 10.4. The molecule has 1 aromatic heterocycles. The molecule has 0 bridgehead atoms. The standard InChI is InChI=1S/C12H19N3O2/c1-3-9-7-10(15(2)14-9)11(16)13-8-12(17)5-4-6-12/h7,17H,3-6,8H2,1-2H3,(H,13,16). The van der Waals surface area contributed by atoms with Gasteiger partial charge in [-0.2, -0.15) is 5.10 Å².